The molecule has 4 nitrogen and oxygen atoms in total. The molecule has 2 aromatic rings. The lowest BCUT2D eigenvalue weighted by Crippen LogP contribution is -2.20. The largest absolute Gasteiger partial charge is 0.392 e. The second-order valence-corrected chi connectivity index (χ2v) is 5.44. The molecule has 0 saturated heterocycles. The van der Waals surface area contributed by atoms with Crippen LogP contribution >= 0.6 is 34.8 Å². The third-order valence-electron chi connectivity index (χ3n) is 2.65. The predicted molar refractivity (Wildman–Crippen MR) is 86.5 cm³/mol. The van der Waals surface area contributed by atoms with E-state index >= 15 is 0 Å². The van der Waals surface area contributed by atoms with Crippen LogP contribution < -0.4 is 10.6 Å². The lowest BCUT2D eigenvalue weighted by molar-refractivity contribution is 0.262. The summed E-state index contributed by atoms with van der Waals surface area (Å²) in [7, 11) is 0. The summed E-state index contributed by atoms with van der Waals surface area (Å²) in [5, 5.41) is 15.7. The Balaban J connectivity index is 2.13. The zero-order valence-electron chi connectivity index (χ0n) is 10.7. The number of rotatable bonds is 3. The molecule has 0 radical (unpaired) electrons. The number of carbonyl (C=O) groups excluding carboxylic acids is 1. The number of anilines is 2. The maximum Gasteiger partial charge on any atom is 0.323 e. The summed E-state index contributed by atoms with van der Waals surface area (Å²) >= 11 is 17.7. The smallest absolute Gasteiger partial charge is 0.323 e. The van der Waals surface area contributed by atoms with Crippen molar-refractivity contribution in [2.24, 2.45) is 0 Å². The molecule has 0 aliphatic rings. The van der Waals surface area contributed by atoms with Crippen LogP contribution in [0.25, 0.3) is 0 Å². The molecule has 21 heavy (non-hydrogen) atoms. The van der Waals surface area contributed by atoms with Crippen molar-refractivity contribution in [1.82, 2.24) is 0 Å². The van der Waals surface area contributed by atoms with Gasteiger partial charge in [-0.05, 0) is 30.3 Å². The SMILES string of the molecule is O=C(Nc1cc(Cl)cc(Cl)c1)Nc1cccc(Cl)c1CO. The minimum absolute atomic E-state index is 0.279. The molecule has 0 spiro atoms. The highest BCUT2D eigenvalue weighted by Gasteiger charge is 2.10. The molecule has 0 heterocycles. The summed E-state index contributed by atoms with van der Waals surface area (Å²) in [5.74, 6) is 0. The Morgan fingerprint density at radius 3 is 2.33 bits per heavy atom. The number of hydrogen-bond donors (Lipinski definition) is 3. The van der Waals surface area contributed by atoms with Gasteiger partial charge in [0.1, 0.15) is 0 Å². The third kappa shape index (κ3) is 4.25. The molecule has 0 aromatic heterocycles. The van der Waals surface area contributed by atoms with Gasteiger partial charge in [-0.25, -0.2) is 4.79 Å². The number of aliphatic hydroxyl groups excluding tert-OH is 1. The molecule has 2 amide bonds. The zero-order valence-corrected chi connectivity index (χ0v) is 12.9. The van der Waals surface area contributed by atoms with Crippen LogP contribution in [0, 0.1) is 0 Å². The average molecular weight is 346 g/mol. The lowest BCUT2D eigenvalue weighted by Gasteiger charge is -2.12. The quantitative estimate of drug-likeness (QED) is 0.749. The first-order chi connectivity index (χ1) is 9.99. The Hall–Kier alpha value is -1.46. The van der Waals surface area contributed by atoms with Crippen LogP contribution in [0.1, 0.15) is 5.56 Å². The van der Waals surface area contributed by atoms with E-state index in [-0.39, 0.29) is 6.61 Å². The van der Waals surface area contributed by atoms with Crippen molar-refractivity contribution in [3.63, 3.8) is 0 Å². The van der Waals surface area contributed by atoms with E-state index in [1.54, 1.807) is 36.4 Å². The number of aliphatic hydroxyl groups is 1. The summed E-state index contributed by atoms with van der Waals surface area (Å²) in [6.45, 7) is -0.279. The summed E-state index contributed by atoms with van der Waals surface area (Å²) in [6.07, 6.45) is 0. The first-order valence-corrected chi connectivity index (χ1v) is 7.05. The standard InChI is InChI=1S/C14H11Cl3N2O2/c15-8-4-9(16)6-10(5-8)18-14(21)19-13-3-1-2-12(17)11(13)7-20/h1-6,20H,7H2,(H2,18,19,21). The Kier molecular flexibility index (Phi) is 5.31. The molecule has 0 atom stereocenters. The van der Waals surface area contributed by atoms with Crippen LogP contribution in [-0.4, -0.2) is 11.1 Å². The number of urea groups is 1. The second kappa shape index (κ2) is 7.00. The molecule has 2 aromatic carbocycles. The highest BCUT2D eigenvalue weighted by atomic mass is 35.5. The first-order valence-electron chi connectivity index (χ1n) is 5.92. The van der Waals surface area contributed by atoms with E-state index < -0.39 is 6.03 Å². The third-order valence-corrected chi connectivity index (χ3v) is 3.44. The van der Waals surface area contributed by atoms with E-state index in [0.717, 1.165) is 0 Å². The van der Waals surface area contributed by atoms with Gasteiger partial charge in [-0.1, -0.05) is 40.9 Å². The van der Waals surface area contributed by atoms with E-state index in [9.17, 15) is 9.90 Å². The Morgan fingerprint density at radius 2 is 1.71 bits per heavy atom. The molecule has 3 N–H and O–H groups in total. The molecule has 0 fully saturated rings. The monoisotopic (exact) mass is 344 g/mol. The summed E-state index contributed by atoms with van der Waals surface area (Å²) in [4.78, 5) is 12.0. The summed E-state index contributed by atoms with van der Waals surface area (Å²) in [6, 6.07) is 9.15. The Bertz CT molecular complexity index is 657. The first kappa shape index (κ1) is 15.9. The second-order valence-electron chi connectivity index (χ2n) is 4.16. The molecule has 0 unspecified atom stereocenters. The fourth-order valence-electron chi connectivity index (χ4n) is 1.75. The minimum atomic E-state index is -0.495. The Morgan fingerprint density at radius 1 is 1.05 bits per heavy atom. The molecule has 110 valence electrons. The van der Waals surface area contributed by atoms with Crippen molar-refractivity contribution in [1.29, 1.82) is 0 Å². The Labute approximate surface area is 136 Å². The zero-order chi connectivity index (χ0) is 15.4. The molecule has 7 heteroatoms. The summed E-state index contributed by atoms with van der Waals surface area (Å²) in [5.41, 5.74) is 1.33. The van der Waals surface area contributed by atoms with Gasteiger partial charge >= 0.3 is 6.03 Å². The molecule has 0 aliphatic carbocycles. The van der Waals surface area contributed by atoms with Crippen molar-refractivity contribution >= 4 is 52.2 Å². The maximum absolute atomic E-state index is 12.0. The fraction of sp³-hybridized carbons (Fsp3) is 0.0714. The van der Waals surface area contributed by atoms with Gasteiger partial charge in [0, 0.05) is 32.0 Å². The van der Waals surface area contributed by atoms with Gasteiger partial charge in [0.15, 0.2) is 0 Å². The van der Waals surface area contributed by atoms with Crippen molar-refractivity contribution in [3.8, 4) is 0 Å². The highest BCUT2D eigenvalue weighted by molar-refractivity contribution is 6.35. The number of hydrogen-bond acceptors (Lipinski definition) is 2. The lowest BCUT2D eigenvalue weighted by atomic mass is 10.2. The average Bonchev–Trinajstić information content (AvgIpc) is 2.37. The molecule has 0 aliphatic heterocycles. The number of halogens is 3. The number of amides is 2. The number of benzene rings is 2. The van der Waals surface area contributed by atoms with E-state index in [2.05, 4.69) is 10.6 Å². The van der Waals surface area contributed by atoms with Gasteiger partial charge in [0.2, 0.25) is 0 Å². The predicted octanol–water partition coefficient (Wildman–Crippen LogP) is 4.78. The van der Waals surface area contributed by atoms with Gasteiger partial charge < -0.3 is 15.7 Å². The topological polar surface area (TPSA) is 61.4 Å². The number of carbonyl (C=O) groups is 1. The van der Waals surface area contributed by atoms with Crippen LogP contribution in [0.15, 0.2) is 36.4 Å². The van der Waals surface area contributed by atoms with E-state index in [1.165, 1.54) is 0 Å². The van der Waals surface area contributed by atoms with Crippen LogP contribution in [0.3, 0.4) is 0 Å². The molecule has 2 rings (SSSR count). The van der Waals surface area contributed by atoms with Crippen LogP contribution in [0.5, 0.6) is 0 Å². The van der Waals surface area contributed by atoms with E-state index in [4.69, 9.17) is 34.8 Å². The summed E-state index contributed by atoms with van der Waals surface area (Å²) < 4.78 is 0. The van der Waals surface area contributed by atoms with Gasteiger partial charge in [0.05, 0.1) is 6.61 Å². The fourth-order valence-corrected chi connectivity index (χ4v) is 2.51. The van der Waals surface area contributed by atoms with Crippen LogP contribution in [0.4, 0.5) is 16.2 Å². The highest BCUT2D eigenvalue weighted by Crippen LogP contribution is 2.25. The van der Waals surface area contributed by atoms with E-state index in [1.807, 2.05) is 0 Å². The van der Waals surface area contributed by atoms with Crippen LogP contribution in [-0.2, 0) is 6.61 Å². The van der Waals surface area contributed by atoms with Crippen molar-refractivity contribution < 1.29 is 9.90 Å². The van der Waals surface area contributed by atoms with Gasteiger partial charge in [0.25, 0.3) is 0 Å². The van der Waals surface area contributed by atoms with Gasteiger partial charge in [-0.15, -0.1) is 0 Å². The van der Waals surface area contributed by atoms with Gasteiger partial charge in [-0.2, -0.15) is 0 Å². The van der Waals surface area contributed by atoms with Crippen LogP contribution in [0.2, 0.25) is 15.1 Å². The van der Waals surface area contributed by atoms with E-state index in [0.29, 0.717) is 32.0 Å². The van der Waals surface area contributed by atoms with Crippen molar-refractivity contribution in [2.45, 2.75) is 6.61 Å². The molecular weight excluding hydrogens is 335 g/mol. The minimum Gasteiger partial charge on any atom is -0.392 e. The van der Waals surface area contributed by atoms with Crippen molar-refractivity contribution in [3.05, 3.63) is 57.0 Å². The molecular formula is C14H11Cl3N2O2. The molecule has 0 saturated carbocycles. The maximum atomic E-state index is 12.0. The van der Waals surface area contributed by atoms with Gasteiger partial charge in [-0.3, -0.25) is 0 Å². The van der Waals surface area contributed by atoms with Crippen molar-refractivity contribution in [2.75, 3.05) is 10.6 Å². The molecule has 0 bridgehead atoms. The number of nitrogens with one attached hydrogen (secondary N) is 2. The normalized spacial score (nSPS) is 10.3.